The van der Waals surface area contributed by atoms with Crippen molar-refractivity contribution >= 4 is 56.4 Å². The van der Waals surface area contributed by atoms with E-state index in [4.69, 9.17) is 54.4 Å². The average Bonchev–Trinajstić information content (AvgIpc) is 3.46. The van der Waals surface area contributed by atoms with Crippen LogP contribution in [0.25, 0.3) is 0 Å². The number of halogens is 3. The molecule has 0 saturated heterocycles. The second kappa shape index (κ2) is 15.5. The second-order valence-corrected chi connectivity index (χ2v) is 14.2. The predicted molar refractivity (Wildman–Crippen MR) is 183 cm³/mol. The summed E-state index contributed by atoms with van der Waals surface area (Å²) < 4.78 is 39.1. The fourth-order valence-corrected chi connectivity index (χ4v) is 7.06. The first-order chi connectivity index (χ1) is 22.6. The van der Waals surface area contributed by atoms with Gasteiger partial charge in [0.1, 0.15) is 5.75 Å². The Hall–Kier alpha value is -3.64. The number of ether oxygens (including phenoxy) is 2. The molecule has 0 aliphatic carbocycles. The summed E-state index contributed by atoms with van der Waals surface area (Å²) in [5.74, 6) is -0.346. The van der Waals surface area contributed by atoms with Crippen molar-refractivity contribution in [1.82, 2.24) is 10.9 Å². The molecule has 5 rings (SSSR count). The quantitative estimate of drug-likeness (QED) is 0.103. The zero-order valence-electron chi connectivity index (χ0n) is 25.0. The molecule has 0 spiro atoms. The molecule has 246 valence electrons. The highest BCUT2D eigenvalue weighted by atomic mass is 35.5. The lowest BCUT2D eigenvalue weighted by Crippen LogP contribution is -2.53. The lowest BCUT2D eigenvalue weighted by atomic mass is 9.85. The maximum Gasteiger partial charge on any atom is 0.266 e. The SMILES string of the molecule is O=C(NNCc1ccc(Cl)cc1)[C@@]1(CCS(=O)(=O)c2ccccc2)N=C(c2ccc(OCCCO)cc2)O[C@H]1c1ccc(Cl)cc1Cl. The maximum atomic E-state index is 14.3. The van der Waals surface area contributed by atoms with Gasteiger partial charge in [-0.2, -0.15) is 0 Å². The molecule has 4 aromatic rings. The number of nitrogens with one attached hydrogen (secondary N) is 2. The van der Waals surface area contributed by atoms with Crippen molar-refractivity contribution in [3.05, 3.63) is 129 Å². The summed E-state index contributed by atoms with van der Waals surface area (Å²) in [4.78, 5) is 19.3. The molecular weight excluding hydrogens is 685 g/mol. The van der Waals surface area contributed by atoms with Gasteiger partial charge in [-0.15, -0.1) is 0 Å². The third-order valence-electron chi connectivity index (χ3n) is 7.54. The van der Waals surface area contributed by atoms with Crippen LogP contribution in [0.2, 0.25) is 15.1 Å². The van der Waals surface area contributed by atoms with Gasteiger partial charge in [-0.1, -0.05) is 71.2 Å². The molecule has 0 aromatic heterocycles. The average molecular weight is 717 g/mol. The van der Waals surface area contributed by atoms with Crippen LogP contribution in [0, 0.1) is 0 Å². The third-order valence-corrected chi connectivity index (χ3v) is 10.1. The van der Waals surface area contributed by atoms with Gasteiger partial charge in [-0.3, -0.25) is 10.2 Å². The first kappa shape index (κ1) is 34.7. The first-order valence-electron chi connectivity index (χ1n) is 14.7. The Labute approximate surface area is 288 Å². The van der Waals surface area contributed by atoms with E-state index in [1.54, 1.807) is 66.7 Å². The smallest absolute Gasteiger partial charge is 0.266 e. The highest BCUT2D eigenvalue weighted by molar-refractivity contribution is 7.91. The molecule has 0 saturated carbocycles. The van der Waals surface area contributed by atoms with Crippen LogP contribution in [0.4, 0.5) is 0 Å². The summed E-state index contributed by atoms with van der Waals surface area (Å²) >= 11 is 18.9. The Kier molecular flexibility index (Phi) is 11.4. The van der Waals surface area contributed by atoms with Crippen LogP contribution in [0.15, 0.2) is 107 Å². The van der Waals surface area contributed by atoms with Gasteiger partial charge in [0.25, 0.3) is 5.91 Å². The van der Waals surface area contributed by atoms with Crippen molar-refractivity contribution in [1.29, 1.82) is 0 Å². The Morgan fingerprint density at radius 3 is 2.32 bits per heavy atom. The number of hydrazine groups is 1. The van der Waals surface area contributed by atoms with E-state index >= 15 is 0 Å². The van der Waals surface area contributed by atoms with Crippen LogP contribution in [-0.2, 0) is 25.9 Å². The number of carbonyl (C=O) groups excluding carboxylic acids is 1. The molecule has 1 aliphatic rings. The molecule has 4 aromatic carbocycles. The summed E-state index contributed by atoms with van der Waals surface area (Å²) in [7, 11) is -3.83. The molecule has 1 aliphatic heterocycles. The number of hydrogen-bond donors (Lipinski definition) is 3. The zero-order valence-corrected chi connectivity index (χ0v) is 28.1. The van der Waals surface area contributed by atoms with Gasteiger partial charge in [-0.05, 0) is 66.2 Å². The monoisotopic (exact) mass is 715 g/mol. The Balaban J connectivity index is 1.53. The molecule has 1 heterocycles. The van der Waals surface area contributed by atoms with Crippen LogP contribution < -0.4 is 15.6 Å². The highest BCUT2D eigenvalue weighted by Crippen LogP contribution is 2.45. The molecule has 0 fully saturated rings. The summed E-state index contributed by atoms with van der Waals surface area (Å²) in [6.07, 6.45) is -0.878. The molecule has 1 amide bonds. The topological polar surface area (TPSA) is 126 Å². The van der Waals surface area contributed by atoms with Crippen molar-refractivity contribution in [2.75, 3.05) is 19.0 Å². The van der Waals surface area contributed by atoms with E-state index in [2.05, 4.69) is 10.9 Å². The Bertz CT molecular complexity index is 1820. The number of benzene rings is 4. The summed E-state index contributed by atoms with van der Waals surface area (Å²) in [6, 6.07) is 26.8. The van der Waals surface area contributed by atoms with Crippen LogP contribution in [0.3, 0.4) is 0 Å². The Morgan fingerprint density at radius 2 is 1.64 bits per heavy atom. The number of aliphatic hydroxyl groups excluding tert-OH is 1. The van der Waals surface area contributed by atoms with Crippen molar-refractivity contribution in [2.45, 2.75) is 35.9 Å². The molecule has 0 unspecified atom stereocenters. The Morgan fingerprint density at radius 1 is 0.936 bits per heavy atom. The van der Waals surface area contributed by atoms with E-state index in [1.807, 2.05) is 12.1 Å². The number of hydrogen-bond acceptors (Lipinski definition) is 8. The standard InChI is InChI=1S/C34H32Cl3N3O6S/c35-25-11-7-23(8-12-25)22-38-40-33(42)34(17-20-47(43,44)28-5-2-1-3-6-28)31(29-16-13-26(36)21-30(29)37)46-32(39-34)24-9-14-27(15-10-24)45-19-4-18-41/h1-3,5-16,21,31,38,41H,4,17-20,22H2,(H,40,42)/t31-,34-/m0/s1. The lowest BCUT2D eigenvalue weighted by molar-refractivity contribution is -0.130. The molecule has 0 bridgehead atoms. The van der Waals surface area contributed by atoms with Gasteiger partial charge in [0.05, 0.1) is 17.3 Å². The van der Waals surface area contributed by atoms with Crippen LogP contribution in [-0.4, -0.2) is 49.8 Å². The van der Waals surface area contributed by atoms with Crippen molar-refractivity contribution in [3.8, 4) is 5.75 Å². The number of aliphatic imine (C=N–C) groups is 1. The van der Waals surface area contributed by atoms with E-state index in [-0.39, 0.29) is 35.4 Å². The van der Waals surface area contributed by atoms with E-state index in [0.29, 0.717) is 39.9 Å². The first-order valence-corrected chi connectivity index (χ1v) is 17.5. The fourth-order valence-electron chi connectivity index (χ4n) is 5.03. The minimum Gasteiger partial charge on any atom is -0.494 e. The van der Waals surface area contributed by atoms with E-state index in [0.717, 1.165) is 5.56 Å². The van der Waals surface area contributed by atoms with Gasteiger partial charge in [0.2, 0.25) is 5.90 Å². The third kappa shape index (κ3) is 8.45. The minimum absolute atomic E-state index is 0.00999. The van der Waals surface area contributed by atoms with Crippen LogP contribution >= 0.6 is 34.8 Å². The largest absolute Gasteiger partial charge is 0.494 e. The van der Waals surface area contributed by atoms with Gasteiger partial charge in [-0.25, -0.2) is 18.8 Å². The van der Waals surface area contributed by atoms with E-state index < -0.39 is 33.1 Å². The number of nitrogens with zero attached hydrogens (tertiary/aromatic N) is 1. The van der Waals surface area contributed by atoms with Crippen LogP contribution in [0.1, 0.15) is 35.6 Å². The lowest BCUT2D eigenvalue weighted by Gasteiger charge is -2.31. The van der Waals surface area contributed by atoms with Gasteiger partial charge in [0.15, 0.2) is 21.5 Å². The normalized spacial score (nSPS) is 17.5. The molecular formula is C34H32Cl3N3O6S. The van der Waals surface area contributed by atoms with Gasteiger partial charge in [0, 0.05) is 52.2 Å². The highest BCUT2D eigenvalue weighted by Gasteiger charge is 2.54. The molecule has 0 radical (unpaired) electrons. The summed E-state index contributed by atoms with van der Waals surface area (Å²) in [5.41, 5.74) is 5.67. The van der Waals surface area contributed by atoms with Crippen molar-refractivity contribution < 1.29 is 27.8 Å². The zero-order chi connectivity index (χ0) is 33.4. The molecule has 2 atom stereocenters. The molecule has 3 N–H and O–H groups in total. The number of carbonyl (C=O) groups is 1. The maximum absolute atomic E-state index is 14.3. The fraction of sp³-hybridized carbons (Fsp3) is 0.235. The summed E-state index contributed by atoms with van der Waals surface area (Å²) in [6.45, 7) is 0.603. The number of aliphatic hydroxyl groups is 1. The summed E-state index contributed by atoms with van der Waals surface area (Å²) in [5, 5.41) is 10.2. The van der Waals surface area contributed by atoms with Crippen molar-refractivity contribution in [3.63, 3.8) is 0 Å². The van der Waals surface area contributed by atoms with E-state index in [1.165, 1.54) is 18.2 Å². The molecule has 13 heteroatoms. The van der Waals surface area contributed by atoms with Gasteiger partial charge >= 0.3 is 0 Å². The number of amides is 1. The number of sulfone groups is 1. The minimum atomic E-state index is -3.83. The molecule has 9 nitrogen and oxygen atoms in total. The number of rotatable bonds is 14. The molecule has 47 heavy (non-hydrogen) atoms. The second-order valence-electron chi connectivity index (χ2n) is 10.8. The van der Waals surface area contributed by atoms with Crippen LogP contribution in [0.5, 0.6) is 5.75 Å². The van der Waals surface area contributed by atoms with Crippen molar-refractivity contribution in [2.24, 2.45) is 4.99 Å². The van der Waals surface area contributed by atoms with Gasteiger partial charge < -0.3 is 14.6 Å². The van der Waals surface area contributed by atoms with E-state index in [9.17, 15) is 13.2 Å². The predicted octanol–water partition coefficient (Wildman–Crippen LogP) is 6.35.